The highest BCUT2D eigenvalue weighted by molar-refractivity contribution is 7.20. The topological polar surface area (TPSA) is 79.6 Å². The lowest BCUT2D eigenvalue weighted by Crippen LogP contribution is -2.38. The van der Waals surface area contributed by atoms with E-state index in [1.54, 1.807) is 18.2 Å². The Balaban J connectivity index is 1.41. The van der Waals surface area contributed by atoms with E-state index in [1.807, 2.05) is 0 Å². The van der Waals surface area contributed by atoms with Crippen molar-refractivity contribution in [1.82, 2.24) is 14.6 Å². The van der Waals surface area contributed by atoms with Gasteiger partial charge in [0.25, 0.3) is 5.56 Å². The minimum atomic E-state index is -0.331. The van der Waals surface area contributed by atoms with Gasteiger partial charge in [0, 0.05) is 36.5 Å². The molecule has 152 valence electrons. The summed E-state index contributed by atoms with van der Waals surface area (Å²) in [4.78, 5) is 32.0. The number of aryl methyl sites for hydroxylation is 1. The Morgan fingerprint density at radius 1 is 1.28 bits per heavy atom. The fourth-order valence-electron chi connectivity index (χ4n) is 3.47. The molecule has 1 saturated heterocycles. The number of amides is 1. The molecule has 1 N–H and O–H groups in total. The van der Waals surface area contributed by atoms with Crippen molar-refractivity contribution in [3.63, 3.8) is 0 Å². The molecule has 2 aromatic heterocycles. The van der Waals surface area contributed by atoms with Crippen molar-refractivity contribution in [2.75, 3.05) is 23.3 Å². The molecule has 0 aliphatic carbocycles. The number of hydrogen-bond donors (Lipinski definition) is 1. The van der Waals surface area contributed by atoms with Gasteiger partial charge in [-0.05, 0) is 43.5 Å². The Bertz CT molecular complexity index is 1070. The maximum absolute atomic E-state index is 13.0. The predicted octanol–water partition coefficient (Wildman–Crippen LogP) is 3.10. The van der Waals surface area contributed by atoms with E-state index < -0.39 is 0 Å². The molecule has 1 aliphatic rings. The first-order valence-corrected chi connectivity index (χ1v) is 10.6. The van der Waals surface area contributed by atoms with Gasteiger partial charge in [-0.15, -0.1) is 5.10 Å². The molecular formula is C20H22FN5O2S. The Labute approximate surface area is 171 Å². The number of anilines is 2. The van der Waals surface area contributed by atoms with Crippen LogP contribution in [0.2, 0.25) is 0 Å². The van der Waals surface area contributed by atoms with Gasteiger partial charge in [-0.1, -0.05) is 24.7 Å². The highest BCUT2D eigenvalue weighted by Crippen LogP contribution is 2.27. The van der Waals surface area contributed by atoms with Crippen LogP contribution in [0, 0.1) is 11.7 Å². The van der Waals surface area contributed by atoms with Crippen LogP contribution in [0.4, 0.5) is 15.2 Å². The van der Waals surface area contributed by atoms with Gasteiger partial charge < -0.3 is 10.2 Å². The number of carbonyl (C=O) groups excluding carboxylic acids is 1. The predicted molar refractivity (Wildman–Crippen MR) is 111 cm³/mol. The molecule has 0 saturated carbocycles. The van der Waals surface area contributed by atoms with Gasteiger partial charge in [0.1, 0.15) is 5.82 Å². The largest absolute Gasteiger partial charge is 0.347 e. The fourth-order valence-corrected chi connectivity index (χ4v) is 4.45. The van der Waals surface area contributed by atoms with Gasteiger partial charge in [-0.25, -0.2) is 9.37 Å². The molecular weight excluding hydrogens is 393 g/mol. The van der Waals surface area contributed by atoms with Crippen LogP contribution in [0.15, 0.2) is 35.1 Å². The molecule has 0 spiro atoms. The first-order chi connectivity index (χ1) is 14.0. The Morgan fingerprint density at radius 3 is 2.69 bits per heavy atom. The van der Waals surface area contributed by atoms with Crippen LogP contribution in [0.3, 0.4) is 0 Å². The van der Waals surface area contributed by atoms with E-state index in [0.29, 0.717) is 36.6 Å². The van der Waals surface area contributed by atoms with Gasteiger partial charge in [-0.3, -0.25) is 9.59 Å². The third-order valence-electron chi connectivity index (χ3n) is 5.04. The summed E-state index contributed by atoms with van der Waals surface area (Å²) in [6.07, 6.45) is 3.08. The van der Waals surface area contributed by atoms with Crippen molar-refractivity contribution in [3.8, 4) is 0 Å². The van der Waals surface area contributed by atoms with E-state index in [4.69, 9.17) is 0 Å². The molecule has 0 atom stereocenters. The first kappa shape index (κ1) is 19.5. The number of aromatic nitrogens is 3. The summed E-state index contributed by atoms with van der Waals surface area (Å²) in [5, 5.41) is 8.03. The molecule has 7 nitrogen and oxygen atoms in total. The second kappa shape index (κ2) is 8.28. The van der Waals surface area contributed by atoms with Crippen LogP contribution in [-0.2, 0) is 11.2 Å². The zero-order valence-corrected chi connectivity index (χ0v) is 16.9. The van der Waals surface area contributed by atoms with Crippen LogP contribution < -0.4 is 15.8 Å². The van der Waals surface area contributed by atoms with Crippen molar-refractivity contribution >= 4 is 33.0 Å². The molecule has 1 aromatic carbocycles. The molecule has 0 radical (unpaired) electrons. The van der Waals surface area contributed by atoms with Gasteiger partial charge in [0.15, 0.2) is 0 Å². The smallest absolute Gasteiger partial charge is 0.275 e. The van der Waals surface area contributed by atoms with E-state index >= 15 is 0 Å². The van der Waals surface area contributed by atoms with Gasteiger partial charge >= 0.3 is 0 Å². The molecule has 29 heavy (non-hydrogen) atoms. The summed E-state index contributed by atoms with van der Waals surface area (Å²) in [7, 11) is 0. The van der Waals surface area contributed by atoms with Crippen molar-refractivity contribution in [2.24, 2.45) is 5.92 Å². The highest BCUT2D eigenvalue weighted by Gasteiger charge is 2.27. The molecule has 3 heterocycles. The summed E-state index contributed by atoms with van der Waals surface area (Å²) < 4.78 is 14.4. The van der Waals surface area contributed by atoms with Crippen LogP contribution in [0.25, 0.3) is 4.96 Å². The van der Waals surface area contributed by atoms with E-state index in [-0.39, 0.29) is 23.2 Å². The molecule has 1 fully saturated rings. The average molecular weight is 415 g/mol. The molecule has 1 amide bonds. The number of hydrogen-bond acceptors (Lipinski definition) is 6. The summed E-state index contributed by atoms with van der Waals surface area (Å²) in [6, 6.07) is 7.31. The second-order valence-electron chi connectivity index (χ2n) is 7.17. The lowest BCUT2D eigenvalue weighted by atomic mass is 9.96. The molecule has 3 aromatic rings. The fraction of sp³-hybridized carbons (Fsp3) is 0.400. The summed E-state index contributed by atoms with van der Waals surface area (Å²) >= 11 is 1.40. The summed E-state index contributed by atoms with van der Waals surface area (Å²) in [6.45, 7) is 3.41. The lowest BCUT2D eigenvalue weighted by molar-refractivity contribution is -0.120. The minimum Gasteiger partial charge on any atom is -0.347 e. The summed E-state index contributed by atoms with van der Waals surface area (Å²) in [5.74, 6) is -0.493. The molecule has 0 unspecified atom stereocenters. The average Bonchev–Trinajstić information content (AvgIpc) is 3.15. The van der Waals surface area contributed by atoms with E-state index in [9.17, 15) is 14.0 Å². The van der Waals surface area contributed by atoms with Gasteiger partial charge in [-0.2, -0.15) is 4.52 Å². The van der Waals surface area contributed by atoms with E-state index in [0.717, 1.165) is 23.7 Å². The Hall–Kier alpha value is -2.81. The number of rotatable bonds is 5. The van der Waals surface area contributed by atoms with Crippen LogP contribution in [-0.4, -0.2) is 33.6 Å². The quantitative estimate of drug-likeness (QED) is 0.693. The van der Waals surface area contributed by atoms with E-state index in [1.165, 1.54) is 28.0 Å². The standard InChI is InChI=1S/C20H22FN5O2S/c1-2-3-16-12-17(27)26-19(23-16)29-20(24-26)25-10-8-13(9-11-25)18(28)22-15-6-4-14(21)5-7-15/h4-7,12-13H,2-3,8-11H2,1H3,(H,22,28). The van der Waals surface area contributed by atoms with Crippen LogP contribution in [0.5, 0.6) is 0 Å². The number of fused-ring (bicyclic) bond motifs is 1. The van der Waals surface area contributed by atoms with Crippen LogP contribution >= 0.6 is 11.3 Å². The minimum absolute atomic E-state index is 0.0531. The van der Waals surface area contributed by atoms with Gasteiger partial charge in [0.05, 0.1) is 0 Å². The normalized spacial score (nSPS) is 15.0. The van der Waals surface area contributed by atoms with E-state index in [2.05, 4.69) is 27.2 Å². The molecule has 1 aliphatic heterocycles. The maximum Gasteiger partial charge on any atom is 0.275 e. The number of piperidine rings is 1. The third kappa shape index (κ3) is 4.29. The SMILES string of the molecule is CCCc1cc(=O)n2nc(N3CCC(C(=O)Nc4ccc(F)cc4)CC3)sc2n1. The van der Waals surface area contributed by atoms with Gasteiger partial charge in [0.2, 0.25) is 16.0 Å². The zero-order chi connectivity index (χ0) is 20.4. The molecule has 9 heteroatoms. The third-order valence-corrected chi connectivity index (χ3v) is 6.01. The molecule has 4 rings (SSSR count). The maximum atomic E-state index is 13.0. The number of nitrogens with one attached hydrogen (secondary N) is 1. The number of halogens is 1. The Morgan fingerprint density at radius 2 is 2.00 bits per heavy atom. The van der Waals surface area contributed by atoms with Crippen molar-refractivity contribution in [3.05, 3.63) is 52.2 Å². The lowest BCUT2D eigenvalue weighted by Gasteiger charge is -2.30. The highest BCUT2D eigenvalue weighted by atomic mass is 32.1. The first-order valence-electron chi connectivity index (χ1n) is 9.74. The monoisotopic (exact) mass is 415 g/mol. The Kier molecular flexibility index (Phi) is 5.57. The molecule has 0 bridgehead atoms. The number of benzene rings is 1. The van der Waals surface area contributed by atoms with Crippen molar-refractivity contribution in [1.29, 1.82) is 0 Å². The summed E-state index contributed by atoms with van der Waals surface area (Å²) in [5.41, 5.74) is 1.23. The number of nitrogens with zero attached hydrogens (tertiary/aromatic N) is 4. The van der Waals surface area contributed by atoms with Crippen molar-refractivity contribution in [2.45, 2.75) is 32.6 Å². The zero-order valence-electron chi connectivity index (χ0n) is 16.1. The second-order valence-corrected chi connectivity index (χ2v) is 8.11. The van der Waals surface area contributed by atoms with Crippen LogP contribution in [0.1, 0.15) is 31.9 Å². The number of carbonyl (C=O) groups is 1. The van der Waals surface area contributed by atoms with Crippen molar-refractivity contribution < 1.29 is 9.18 Å².